The normalized spacial score (nSPS) is 18.5. The lowest BCUT2D eigenvalue weighted by Gasteiger charge is -2.34. The molecule has 8 heteroatoms. The molecule has 31 heavy (non-hydrogen) atoms. The zero-order chi connectivity index (χ0) is 21.6. The fourth-order valence-electron chi connectivity index (χ4n) is 3.60. The number of hydrogen-bond donors (Lipinski definition) is 1. The van der Waals surface area contributed by atoms with Crippen molar-refractivity contribution >= 4 is 33.8 Å². The number of rotatable bonds is 6. The first kappa shape index (κ1) is 21.2. The number of benzene rings is 2. The summed E-state index contributed by atoms with van der Waals surface area (Å²) >= 11 is 5.74. The third kappa shape index (κ3) is 5.19. The third-order valence-corrected chi connectivity index (χ3v) is 5.36. The summed E-state index contributed by atoms with van der Waals surface area (Å²) in [4.78, 5) is 34.5. The van der Waals surface area contributed by atoms with Gasteiger partial charge in [0, 0.05) is 18.1 Å². The predicted octanol–water partition coefficient (Wildman–Crippen LogP) is 4.05. The number of carbonyl (C=O) groups is 2. The van der Waals surface area contributed by atoms with Gasteiger partial charge in [0.1, 0.15) is 18.2 Å². The third-order valence-electron chi connectivity index (χ3n) is 5.20. The number of amides is 1. The maximum Gasteiger partial charge on any atom is 0.340 e. The molecule has 0 saturated carbocycles. The van der Waals surface area contributed by atoms with Crippen LogP contribution in [-0.2, 0) is 16.2 Å². The number of hydroxylamine groups is 2. The number of carbonyl (C=O) groups excluding carboxylic acids is 2. The van der Waals surface area contributed by atoms with Crippen molar-refractivity contribution in [3.8, 4) is 5.75 Å². The van der Waals surface area contributed by atoms with Gasteiger partial charge in [-0.3, -0.25) is 14.6 Å². The fraction of sp³-hybridized carbons (Fsp3) is 0.261. The SMILES string of the molecule is O=C(Oc1cccc2cccnc12)[C@@H]1CC[C@@H](N(OCc2ccccc2)C(=O)Cl)CN1. The molecule has 2 atom stereocenters. The van der Waals surface area contributed by atoms with Crippen LogP contribution in [0.25, 0.3) is 10.9 Å². The molecule has 1 aliphatic rings. The van der Waals surface area contributed by atoms with E-state index in [9.17, 15) is 9.59 Å². The summed E-state index contributed by atoms with van der Waals surface area (Å²) < 4.78 is 5.61. The Labute approximate surface area is 184 Å². The molecule has 160 valence electrons. The highest BCUT2D eigenvalue weighted by atomic mass is 35.5. The van der Waals surface area contributed by atoms with Crippen molar-refractivity contribution < 1.29 is 19.2 Å². The minimum atomic E-state index is -0.689. The van der Waals surface area contributed by atoms with Gasteiger partial charge in [-0.15, -0.1) is 0 Å². The van der Waals surface area contributed by atoms with E-state index in [4.69, 9.17) is 21.2 Å². The number of aromatic nitrogens is 1. The highest BCUT2D eigenvalue weighted by Gasteiger charge is 2.33. The van der Waals surface area contributed by atoms with Gasteiger partial charge in [0.05, 0.1) is 6.04 Å². The van der Waals surface area contributed by atoms with Gasteiger partial charge in [0.15, 0.2) is 5.75 Å². The summed E-state index contributed by atoms with van der Waals surface area (Å²) in [5.74, 6) is 0.0429. The number of halogens is 1. The van der Waals surface area contributed by atoms with Crippen molar-refractivity contribution in [2.24, 2.45) is 0 Å². The van der Waals surface area contributed by atoms with Gasteiger partial charge in [-0.05, 0) is 42.1 Å². The standard InChI is InChI=1S/C23H22ClN3O4/c24-23(29)27(30-15-16-6-2-1-3-7-16)18-11-12-19(26-14-18)22(28)31-20-10-4-8-17-9-5-13-25-21(17)20/h1-10,13,18-19,26H,11-12,14-15H2/t18-,19+/m1/s1. The molecule has 3 aromatic rings. The first-order valence-electron chi connectivity index (χ1n) is 10.1. The van der Waals surface area contributed by atoms with Gasteiger partial charge in [-0.1, -0.05) is 48.5 Å². The Morgan fingerprint density at radius 2 is 1.87 bits per heavy atom. The molecule has 1 aromatic heterocycles. The fourth-order valence-corrected chi connectivity index (χ4v) is 3.79. The van der Waals surface area contributed by atoms with Crippen molar-refractivity contribution in [1.82, 2.24) is 15.4 Å². The van der Waals surface area contributed by atoms with E-state index in [1.165, 1.54) is 5.06 Å². The van der Waals surface area contributed by atoms with Crippen LogP contribution in [0.4, 0.5) is 4.79 Å². The van der Waals surface area contributed by atoms with E-state index in [0.29, 0.717) is 30.7 Å². The molecular weight excluding hydrogens is 418 g/mol. The Kier molecular flexibility index (Phi) is 6.76. The Hall–Kier alpha value is -3.00. The second kappa shape index (κ2) is 9.87. The number of esters is 1. The van der Waals surface area contributed by atoms with Gasteiger partial charge < -0.3 is 10.1 Å². The molecule has 4 rings (SSSR count). The van der Waals surface area contributed by atoms with E-state index in [2.05, 4.69) is 10.3 Å². The number of ether oxygens (including phenoxy) is 1. The Bertz CT molecular complexity index is 1050. The number of nitrogens with zero attached hydrogens (tertiary/aromatic N) is 2. The van der Waals surface area contributed by atoms with Crippen LogP contribution in [0, 0.1) is 0 Å². The second-order valence-corrected chi connectivity index (χ2v) is 7.61. The lowest BCUT2D eigenvalue weighted by Crippen LogP contribution is -2.53. The summed E-state index contributed by atoms with van der Waals surface area (Å²) in [7, 11) is 0. The molecule has 0 aliphatic carbocycles. The van der Waals surface area contributed by atoms with Crippen molar-refractivity contribution in [1.29, 1.82) is 0 Å². The summed E-state index contributed by atoms with van der Waals surface area (Å²) in [6.45, 7) is 0.593. The minimum absolute atomic E-state index is 0.231. The summed E-state index contributed by atoms with van der Waals surface area (Å²) in [6, 6.07) is 18.0. The topological polar surface area (TPSA) is 80.8 Å². The van der Waals surface area contributed by atoms with E-state index in [1.807, 2.05) is 54.6 Å². The molecule has 0 unspecified atom stereocenters. The molecule has 0 spiro atoms. The molecule has 1 saturated heterocycles. The number of hydrogen-bond acceptors (Lipinski definition) is 6. The molecule has 2 heterocycles. The van der Waals surface area contributed by atoms with E-state index in [1.54, 1.807) is 12.3 Å². The lowest BCUT2D eigenvalue weighted by molar-refractivity contribution is -0.155. The molecular formula is C23H22ClN3O4. The van der Waals surface area contributed by atoms with Crippen LogP contribution in [0.3, 0.4) is 0 Å². The average Bonchev–Trinajstić information content (AvgIpc) is 2.80. The maximum atomic E-state index is 12.7. The largest absolute Gasteiger partial charge is 0.423 e. The first-order chi connectivity index (χ1) is 15.1. The van der Waals surface area contributed by atoms with Crippen molar-refractivity contribution in [2.75, 3.05) is 6.54 Å². The number of pyridine rings is 1. The van der Waals surface area contributed by atoms with Gasteiger partial charge in [0.2, 0.25) is 0 Å². The number of fused-ring (bicyclic) bond motifs is 1. The second-order valence-electron chi connectivity index (χ2n) is 7.28. The lowest BCUT2D eigenvalue weighted by atomic mass is 10.0. The number of para-hydroxylation sites is 1. The quantitative estimate of drug-likeness (QED) is 0.205. The van der Waals surface area contributed by atoms with E-state index >= 15 is 0 Å². The Balaban J connectivity index is 1.34. The van der Waals surface area contributed by atoms with Crippen LogP contribution in [0.1, 0.15) is 18.4 Å². The van der Waals surface area contributed by atoms with Crippen LogP contribution in [0.5, 0.6) is 5.75 Å². The highest BCUT2D eigenvalue weighted by Crippen LogP contribution is 2.24. The molecule has 0 bridgehead atoms. The minimum Gasteiger partial charge on any atom is -0.423 e. The summed E-state index contributed by atoms with van der Waals surface area (Å²) in [5, 5.41) is 4.53. The molecule has 7 nitrogen and oxygen atoms in total. The van der Waals surface area contributed by atoms with Gasteiger partial charge in [-0.25, -0.2) is 9.86 Å². The van der Waals surface area contributed by atoms with Crippen molar-refractivity contribution in [2.45, 2.75) is 31.5 Å². The zero-order valence-corrected chi connectivity index (χ0v) is 17.5. The Morgan fingerprint density at radius 1 is 1.06 bits per heavy atom. The molecule has 2 aromatic carbocycles. The van der Waals surface area contributed by atoms with Crippen LogP contribution in [0.15, 0.2) is 66.9 Å². The van der Waals surface area contributed by atoms with Crippen LogP contribution < -0.4 is 10.1 Å². The maximum absolute atomic E-state index is 12.7. The predicted molar refractivity (Wildman–Crippen MR) is 117 cm³/mol. The zero-order valence-electron chi connectivity index (χ0n) is 16.7. The van der Waals surface area contributed by atoms with Gasteiger partial charge in [-0.2, -0.15) is 0 Å². The Morgan fingerprint density at radius 3 is 2.61 bits per heavy atom. The van der Waals surface area contributed by atoms with E-state index in [0.717, 1.165) is 10.9 Å². The van der Waals surface area contributed by atoms with Crippen molar-refractivity contribution in [3.05, 3.63) is 72.4 Å². The molecule has 0 radical (unpaired) electrons. The van der Waals surface area contributed by atoms with E-state index < -0.39 is 11.4 Å². The molecule has 1 amide bonds. The highest BCUT2D eigenvalue weighted by molar-refractivity contribution is 6.62. The van der Waals surface area contributed by atoms with Gasteiger partial charge >= 0.3 is 11.3 Å². The molecule has 1 N–H and O–H groups in total. The van der Waals surface area contributed by atoms with Crippen molar-refractivity contribution in [3.63, 3.8) is 0 Å². The number of piperidine rings is 1. The molecule has 1 aliphatic heterocycles. The smallest absolute Gasteiger partial charge is 0.340 e. The summed E-state index contributed by atoms with van der Waals surface area (Å²) in [6.07, 6.45) is 2.70. The van der Waals surface area contributed by atoms with Gasteiger partial charge in [0.25, 0.3) is 0 Å². The number of nitrogens with one attached hydrogen (secondary N) is 1. The first-order valence-corrected chi connectivity index (χ1v) is 10.4. The van der Waals surface area contributed by atoms with Crippen LogP contribution >= 0.6 is 11.6 Å². The summed E-state index contributed by atoms with van der Waals surface area (Å²) in [5.41, 5.74) is 1.57. The van der Waals surface area contributed by atoms with Crippen LogP contribution in [-0.4, -0.2) is 40.0 Å². The monoisotopic (exact) mass is 439 g/mol. The average molecular weight is 440 g/mol. The molecule has 1 fully saturated rings. The van der Waals surface area contributed by atoms with Crippen LogP contribution in [0.2, 0.25) is 0 Å². The van der Waals surface area contributed by atoms with E-state index in [-0.39, 0.29) is 18.6 Å².